The molecule has 0 bridgehead atoms. The lowest BCUT2D eigenvalue weighted by Gasteiger charge is -2.31. The van der Waals surface area contributed by atoms with Crippen LogP contribution in [0.1, 0.15) is 25.7 Å². The number of rotatable bonds is 3. The van der Waals surface area contributed by atoms with Gasteiger partial charge in [0.05, 0.1) is 5.92 Å². The third-order valence-corrected chi connectivity index (χ3v) is 2.80. The number of azide groups is 1. The largest absolute Gasteiger partial charge is 0.481 e. The second-order valence-electron chi connectivity index (χ2n) is 3.64. The molecule has 7 heteroatoms. The van der Waals surface area contributed by atoms with E-state index in [0.717, 1.165) is 0 Å². The Morgan fingerprint density at radius 2 is 1.87 bits per heavy atom. The lowest BCUT2D eigenvalue weighted by atomic mass is 9.77. The summed E-state index contributed by atoms with van der Waals surface area (Å²) in [6, 6.07) is 0. The van der Waals surface area contributed by atoms with Crippen LogP contribution in [0.5, 0.6) is 0 Å². The van der Waals surface area contributed by atoms with E-state index in [1.165, 1.54) is 0 Å². The van der Waals surface area contributed by atoms with Crippen molar-refractivity contribution in [3.8, 4) is 0 Å². The normalized spacial score (nSPS) is 30.3. The fourth-order valence-corrected chi connectivity index (χ4v) is 1.78. The van der Waals surface area contributed by atoms with Gasteiger partial charge in [0, 0.05) is 4.91 Å². The van der Waals surface area contributed by atoms with Gasteiger partial charge in [-0.2, -0.15) is 0 Å². The minimum absolute atomic E-state index is 0.0867. The smallest absolute Gasteiger partial charge is 0.315 e. The van der Waals surface area contributed by atoms with Crippen LogP contribution in [0.25, 0.3) is 10.4 Å². The second-order valence-corrected chi connectivity index (χ2v) is 3.64. The Balaban J connectivity index is 2.78. The number of carboxylic acids is 2. The molecule has 1 rings (SSSR count). The molecule has 0 aromatic rings. The lowest BCUT2D eigenvalue weighted by molar-refractivity contribution is -0.149. The fraction of sp³-hybridized carbons (Fsp3) is 0.750. The Labute approximate surface area is 85.3 Å². The Bertz CT molecular complexity index is 323. The molecule has 0 heterocycles. The molecule has 0 spiro atoms. The molecule has 2 N–H and O–H groups in total. The van der Waals surface area contributed by atoms with Crippen LogP contribution in [0, 0.1) is 5.92 Å². The molecule has 1 aliphatic rings. The maximum atomic E-state index is 10.9. The van der Waals surface area contributed by atoms with Crippen molar-refractivity contribution < 1.29 is 19.8 Å². The summed E-state index contributed by atoms with van der Waals surface area (Å²) in [5.41, 5.74) is 6.84. The fourth-order valence-electron chi connectivity index (χ4n) is 1.78. The first kappa shape index (κ1) is 11.3. The predicted octanol–water partition coefficient (Wildman–Crippen LogP) is 1.39. The monoisotopic (exact) mass is 213 g/mol. The standard InChI is InChI=1S/C8H11N3O4/c9-11-10-8(7(14)15)3-1-5(2-4-8)6(12)13/h5H,1-4H2,(H,12,13)(H,14,15). The first-order valence-corrected chi connectivity index (χ1v) is 4.54. The molecule has 1 fully saturated rings. The number of hydrogen-bond donors (Lipinski definition) is 2. The summed E-state index contributed by atoms with van der Waals surface area (Å²) in [5, 5.41) is 21.0. The van der Waals surface area contributed by atoms with E-state index < -0.39 is 23.4 Å². The molecule has 1 aliphatic carbocycles. The zero-order chi connectivity index (χ0) is 11.5. The van der Waals surface area contributed by atoms with Crippen LogP contribution in [0.4, 0.5) is 0 Å². The molecule has 0 aromatic carbocycles. The van der Waals surface area contributed by atoms with E-state index >= 15 is 0 Å². The zero-order valence-corrected chi connectivity index (χ0v) is 7.96. The van der Waals surface area contributed by atoms with Crippen molar-refractivity contribution in [1.82, 2.24) is 0 Å². The molecule has 0 aliphatic heterocycles. The SMILES string of the molecule is [N-]=[N+]=NC1(C(=O)O)CCC(C(=O)O)CC1. The Kier molecular flexibility index (Phi) is 3.16. The van der Waals surface area contributed by atoms with E-state index in [0.29, 0.717) is 0 Å². The van der Waals surface area contributed by atoms with Gasteiger partial charge in [0.1, 0.15) is 5.54 Å². The Morgan fingerprint density at radius 1 is 1.33 bits per heavy atom. The number of nitrogens with zero attached hydrogens (tertiary/aromatic N) is 3. The highest BCUT2D eigenvalue weighted by molar-refractivity contribution is 5.80. The van der Waals surface area contributed by atoms with E-state index in [-0.39, 0.29) is 25.7 Å². The Hall–Kier alpha value is -1.75. The lowest BCUT2D eigenvalue weighted by Crippen LogP contribution is -2.41. The number of carboxylic acid groups (broad SMARTS) is 2. The average molecular weight is 213 g/mol. The molecular weight excluding hydrogens is 202 g/mol. The van der Waals surface area contributed by atoms with Crippen LogP contribution in [-0.2, 0) is 9.59 Å². The molecular formula is C8H11N3O4. The third kappa shape index (κ3) is 2.19. The van der Waals surface area contributed by atoms with Crippen molar-refractivity contribution in [3.05, 3.63) is 10.4 Å². The van der Waals surface area contributed by atoms with Gasteiger partial charge in [0.2, 0.25) is 0 Å². The molecule has 82 valence electrons. The van der Waals surface area contributed by atoms with Crippen molar-refractivity contribution >= 4 is 11.9 Å². The summed E-state index contributed by atoms with van der Waals surface area (Å²) >= 11 is 0. The maximum absolute atomic E-state index is 10.9. The van der Waals surface area contributed by atoms with Gasteiger partial charge in [0.25, 0.3) is 0 Å². The summed E-state index contributed by atoms with van der Waals surface area (Å²) in [6.07, 6.45) is 0.647. The van der Waals surface area contributed by atoms with E-state index in [9.17, 15) is 9.59 Å². The van der Waals surface area contributed by atoms with Gasteiger partial charge >= 0.3 is 11.9 Å². The molecule has 7 nitrogen and oxygen atoms in total. The van der Waals surface area contributed by atoms with Gasteiger partial charge in [-0.25, -0.2) is 0 Å². The molecule has 0 aromatic heterocycles. The number of carbonyl (C=O) groups is 2. The predicted molar refractivity (Wildman–Crippen MR) is 49.1 cm³/mol. The molecule has 0 saturated heterocycles. The summed E-state index contributed by atoms with van der Waals surface area (Å²) < 4.78 is 0. The summed E-state index contributed by atoms with van der Waals surface area (Å²) in [5.74, 6) is -2.62. The van der Waals surface area contributed by atoms with Crippen LogP contribution >= 0.6 is 0 Å². The van der Waals surface area contributed by atoms with Crippen LogP contribution < -0.4 is 0 Å². The molecule has 0 unspecified atom stereocenters. The molecule has 15 heavy (non-hydrogen) atoms. The topological polar surface area (TPSA) is 123 Å². The number of aliphatic carboxylic acids is 2. The second kappa shape index (κ2) is 4.18. The highest BCUT2D eigenvalue weighted by atomic mass is 16.4. The van der Waals surface area contributed by atoms with E-state index in [4.69, 9.17) is 15.7 Å². The quantitative estimate of drug-likeness (QED) is 0.417. The van der Waals surface area contributed by atoms with Crippen molar-refractivity contribution in [2.45, 2.75) is 31.2 Å². The highest BCUT2D eigenvalue weighted by Crippen LogP contribution is 2.35. The third-order valence-electron chi connectivity index (χ3n) is 2.80. The van der Waals surface area contributed by atoms with Gasteiger partial charge in [-0.3, -0.25) is 9.59 Å². The first-order chi connectivity index (χ1) is 7.02. The molecule has 1 saturated carbocycles. The minimum atomic E-state index is -1.44. The maximum Gasteiger partial charge on any atom is 0.315 e. The van der Waals surface area contributed by atoms with Crippen molar-refractivity contribution in [2.75, 3.05) is 0 Å². The number of hydrogen-bond acceptors (Lipinski definition) is 3. The van der Waals surface area contributed by atoms with Gasteiger partial charge in [-0.15, -0.1) is 0 Å². The van der Waals surface area contributed by atoms with Crippen molar-refractivity contribution in [1.29, 1.82) is 0 Å². The van der Waals surface area contributed by atoms with Crippen molar-refractivity contribution in [2.24, 2.45) is 11.0 Å². The highest BCUT2D eigenvalue weighted by Gasteiger charge is 2.42. The molecule has 0 atom stereocenters. The van der Waals surface area contributed by atoms with Gasteiger partial charge in [-0.1, -0.05) is 5.11 Å². The minimum Gasteiger partial charge on any atom is -0.481 e. The Morgan fingerprint density at radius 3 is 2.20 bits per heavy atom. The van der Waals surface area contributed by atoms with E-state index in [2.05, 4.69) is 10.0 Å². The van der Waals surface area contributed by atoms with Gasteiger partial charge < -0.3 is 10.2 Å². The summed E-state index contributed by atoms with van der Waals surface area (Å²) in [4.78, 5) is 24.1. The first-order valence-electron chi connectivity index (χ1n) is 4.54. The van der Waals surface area contributed by atoms with Crippen LogP contribution in [0.15, 0.2) is 5.11 Å². The summed E-state index contributed by atoms with van der Waals surface area (Å²) in [7, 11) is 0. The zero-order valence-electron chi connectivity index (χ0n) is 7.96. The van der Waals surface area contributed by atoms with Crippen LogP contribution in [-0.4, -0.2) is 27.7 Å². The van der Waals surface area contributed by atoms with Crippen molar-refractivity contribution in [3.63, 3.8) is 0 Å². The van der Waals surface area contributed by atoms with Crippen LogP contribution in [0.2, 0.25) is 0 Å². The van der Waals surface area contributed by atoms with Gasteiger partial charge in [0.15, 0.2) is 0 Å². The van der Waals surface area contributed by atoms with Crippen LogP contribution in [0.3, 0.4) is 0 Å². The van der Waals surface area contributed by atoms with Gasteiger partial charge in [-0.05, 0) is 31.2 Å². The van der Waals surface area contributed by atoms with E-state index in [1.54, 1.807) is 0 Å². The molecule has 0 amide bonds. The molecule has 0 radical (unpaired) electrons. The van der Waals surface area contributed by atoms with E-state index in [1.807, 2.05) is 0 Å². The summed E-state index contributed by atoms with van der Waals surface area (Å²) in [6.45, 7) is 0. The average Bonchev–Trinajstić information content (AvgIpc) is 2.18.